The van der Waals surface area contributed by atoms with Crippen molar-refractivity contribution in [1.29, 1.82) is 0 Å². The van der Waals surface area contributed by atoms with Crippen LogP contribution in [-0.4, -0.2) is 29.2 Å². The predicted molar refractivity (Wildman–Crippen MR) is 91.9 cm³/mol. The van der Waals surface area contributed by atoms with E-state index >= 15 is 0 Å². The smallest absolute Gasteiger partial charge is 0.262 e. The number of hydrogen-bond acceptors (Lipinski definition) is 3. The van der Waals surface area contributed by atoms with Crippen molar-refractivity contribution in [3.05, 3.63) is 71.3 Å². The van der Waals surface area contributed by atoms with E-state index in [-0.39, 0.29) is 18.5 Å². The lowest BCUT2D eigenvalue weighted by Gasteiger charge is -2.21. The topological polar surface area (TPSA) is 66.5 Å². The third-order valence-corrected chi connectivity index (χ3v) is 4.75. The van der Waals surface area contributed by atoms with Gasteiger partial charge in [-0.15, -0.1) is 0 Å². The molecule has 0 radical (unpaired) electrons. The quantitative estimate of drug-likeness (QED) is 0.855. The molecule has 0 bridgehead atoms. The number of carbonyl (C=O) groups is 3. The van der Waals surface area contributed by atoms with Crippen molar-refractivity contribution in [2.45, 2.75) is 18.9 Å². The van der Waals surface area contributed by atoms with Gasteiger partial charge in [-0.05, 0) is 36.5 Å². The summed E-state index contributed by atoms with van der Waals surface area (Å²) in [5.74, 6) is -0.694. The first-order valence-electron chi connectivity index (χ1n) is 8.44. The maximum absolute atomic E-state index is 12.5. The van der Waals surface area contributed by atoms with Crippen molar-refractivity contribution >= 4 is 17.7 Å². The summed E-state index contributed by atoms with van der Waals surface area (Å²) in [5.41, 5.74) is 1.78. The number of benzene rings is 2. The van der Waals surface area contributed by atoms with Gasteiger partial charge in [0.1, 0.15) is 6.54 Å². The van der Waals surface area contributed by atoms with Gasteiger partial charge in [0.15, 0.2) is 0 Å². The Kier molecular flexibility index (Phi) is 3.84. The van der Waals surface area contributed by atoms with Gasteiger partial charge in [-0.1, -0.05) is 42.5 Å². The Hall–Kier alpha value is -2.95. The molecule has 2 aliphatic rings. The van der Waals surface area contributed by atoms with E-state index in [9.17, 15) is 14.4 Å². The molecule has 1 fully saturated rings. The molecule has 1 aliphatic heterocycles. The maximum atomic E-state index is 12.5. The Balaban J connectivity index is 1.47. The van der Waals surface area contributed by atoms with Crippen molar-refractivity contribution < 1.29 is 14.4 Å². The zero-order valence-corrected chi connectivity index (χ0v) is 13.6. The number of fused-ring (bicyclic) bond motifs is 1. The molecule has 0 spiro atoms. The van der Waals surface area contributed by atoms with Crippen molar-refractivity contribution in [3.8, 4) is 0 Å². The van der Waals surface area contributed by atoms with Crippen LogP contribution in [0.1, 0.15) is 45.2 Å². The zero-order chi connectivity index (χ0) is 17.4. The number of imide groups is 1. The molecule has 1 heterocycles. The lowest BCUT2D eigenvalue weighted by atomic mass is 10.0. The number of hydrogen-bond donors (Lipinski definition) is 1. The van der Waals surface area contributed by atoms with E-state index in [0.29, 0.717) is 17.0 Å². The van der Waals surface area contributed by atoms with E-state index in [0.717, 1.165) is 23.3 Å². The number of amides is 3. The normalized spacial score (nSPS) is 17.4. The number of nitrogens with zero attached hydrogens (tertiary/aromatic N) is 1. The lowest BCUT2D eigenvalue weighted by Crippen LogP contribution is -2.42. The zero-order valence-electron chi connectivity index (χ0n) is 13.6. The van der Waals surface area contributed by atoms with E-state index in [1.54, 1.807) is 24.3 Å². The molecule has 0 saturated heterocycles. The van der Waals surface area contributed by atoms with Gasteiger partial charge in [-0.25, -0.2) is 0 Å². The van der Waals surface area contributed by atoms with Gasteiger partial charge in [-0.2, -0.15) is 0 Å². The van der Waals surface area contributed by atoms with Crippen LogP contribution < -0.4 is 5.32 Å². The second-order valence-electron chi connectivity index (χ2n) is 6.54. The molecule has 0 unspecified atom stereocenters. The first-order chi connectivity index (χ1) is 12.1. The highest BCUT2D eigenvalue weighted by atomic mass is 16.2. The summed E-state index contributed by atoms with van der Waals surface area (Å²) in [5, 5.41) is 3.00. The molecule has 2 aromatic rings. The Bertz CT molecular complexity index is 808. The fourth-order valence-corrected chi connectivity index (χ4v) is 3.31. The van der Waals surface area contributed by atoms with Crippen LogP contribution in [0, 0.1) is 5.92 Å². The molecule has 1 saturated carbocycles. The molecule has 1 aliphatic carbocycles. The molecule has 1 atom stereocenters. The molecule has 126 valence electrons. The Labute approximate surface area is 145 Å². The Morgan fingerprint density at radius 3 is 2.08 bits per heavy atom. The van der Waals surface area contributed by atoms with Crippen LogP contribution in [0.15, 0.2) is 54.6 Å². The van der Waals surface area contributed by atoms with Gasteiger partial charge in [0.05, 0.1) is 17.2 Å². The van der Waals surface area contributed by atoms with Gasteiger partial charge in [0.2, 0.25) is 5.91 Å². The minimum atomic E-state index is -0.404. The number of rotatable bonds is 5. The molecule has 5 heteroatoms. The summed E-state index contributed by atoms with van der Waals surface area (Å²) in [6, 6.07) is 16.4. The van der Waals surface area contributed by atoms with Gasteiger partial charge in [0.25, 0.3) is 11.8 Å². The number of carbonyl (C=O) groups excluding carboxylic acids is 3. The van der Waals surface area contributed by atoms with Crippen LogP contribution in [0.4, 0.5) is 0 Å². The summed E-state index contributed by atoms with van der Waals surface area (Å²) in [6.45, 7) is -0.248. The summed E-state index contributed by atoms with van der Waals surface area (Å²) in [4.78, 5) is 38.3. The molecule has 3 amide bonds. The molecule has 1 N–H and O–H groups in total. The van der Waals surface area contributed by atoms with Crippen LogP contribution in [0.2, 0.25) is 0 Å². The van der Waals surface area contributed by atoms with Crippen LogP contribution in [0.5, 0.6) is 0 Å². The summed E-state index contributed by atoms with van der Waals surface area (Å²) < 4.78 is 0. The lowest BCUT2D eigenvalue weighted by molar-refractivity contribution is -0.122. The van der Waals surface area contributed by atoms with E-state index in [1.165, 1.54) is 0 Å². The monoisotopic (exact) mass is 334 g/mol. The summed E-state index contributed by atoms with van der Waals surface area (Å²) >= 11 is 0. The summed E-state index contributed by atoms with van der Waals surface area (Å²) in [6.07, 6.45) is 2.15. The third kappa shape index (κ3) is 2.93. The highest BCUT2D eigenvalue weighted by Crippen LogP contribution is 2.40. The van der Waals surface area contributed by atoms with Crippen LogP contribution in [0.25, 0.3) is 0 Å². The molecule has 5 nitrogen and oxygen atoms in total. The molecule has 2 aromatic carbocycles. The van der Waals surface area contributed by atoms with Crippen molar-refractivity contribution in [2.24, 2.45) is 5.92 Å². The predicted octanol–water partition coefficient (Wildman–Crippen LogP) is 2.55. The standard InChI is InChI=1S/C20H18N2O3/c23-17(21-18(14-10-11-14)13-6-2-1-3-7-13)12-22-19(24)15-8-4-5-9-16(15)20(22)25/h1-9,14,18H,10-12H2,(H,21,23)/t18-/m0/s1. The van der Waals surface area contributed by atoms with Crippen LogP contribution >= 0.6 is 0 Å². The second-order valence-corrected chi connectivity index (χ2v) is 6.54. The van der Waals surface area contributed by atoms with E-state index in [4.69, 9.17) is 0 Å². The minimum absolute atomic E-state index is 0.0658. The number of nitrogens with one attached hydrogen (secondary N) is 1. The van der Waals surface area contributed by atoms with Gasteiger partial charge >= 0.3 is 0 Å². The first kappa shape index (κ1) is 15.6. The summed E-state index contributed by atoms with van der Waals surface area (Å²) in [7, 11) is 0. The minimum Gasteiger partial charge on any atom is -0.347 e. The fraction of sp³-hybridized carbons (Fsp3) is 0.250. The third-order valence-electron chi connectivity index (χ3n) is 4.75. The highest BCUT2D eigenvalue weighted by molar-refractivity contribution is 6.22. The van der Waals surface area contributed by atoms with E-state index in [1.807, 2.05) is 30.3 Å². The average Bonchev–Trinajstić information content (AvgIpc) is 3.45. The fourth-order valence-electron chi connectivity index (χ4n) is 3.31. The second kappa shape index (κ2) is 6.16. The first-order valence-corrected chi connectivity index (χ1v) is 8.44. The Morgan fingerprint density at radius 2 is 1.52 bits per heavy atom. The van der Waals surface area contributed by atoms with Crippen molar-refractivity contribution in [3.63, 3.8) is 0 Å². The maximum Gasteiger partial charge on any atom is 0.262 e. The van der Waals surface area contributed by atoms with Gasteiger partial charge in [0, 0.05) is 0 Å². The van der Waals surface area contributed by atoms with Crippen LogP contribution in [0.3, 0.4) is 0 Å². The van der Waals surface area contributed by atoms with Crippen LogP contribution in [-0.2, 0) is 4.79 Å². The van der Waals surface area contributed by atoms with Crippen molar-refractivity contribution in [2.75, 3.05) is 6.54 Å². The van der Waals surface area contributed by atoms with Gasteiger partial charge < -0.3 is 5.32 Å². The SMILES string of the molecule is O=C(CN1C(=O)c2ccccc2C1=O)N[C@@H](c1ccccc1)C1CC1. The average molecular weight is 334 g/mol. The van der Waals surface area contributed by atoms with E-state index < -0.39 is 11.8 Å². The van der Waals surface area contributed by atoms with Gasteiger partial charge in [-0.3, -0.25) is 19.3 Å². The largest absolute Gasteiger partial charge is 0.347 e. The van der Waals surface area contributed by atoms with E-state index in [2.05, 4.69) is 5.32 Å². The molecule has 25 heavy (non-hydrogen) atoms. The van der Waals surface area contributed by atoms with Crippen molar-refractivity contribution in [1.82, 2.24) is 10.2 Å². The Morgan fingerprint density at radius 1 is 0.960 bits per heavy atom. The highest BCUT2D eigenvalue weighted by Gasteiger charge is 2.38. The molecule has 0 aromatic heterocycles. The molecular weight excluding hydrogens is 316 g/mol. The molecule has 4 rings (SSSR count). The molecular formula is C20H18N2O3.